The molecular formula is C16H22BrFN2O3. The molecule has 128 valence electrons. The molecule has 2 atom stereocenters. The van der Waals surface area contributed by atoms with Gasteiger partial charge in [-0.2, -0.15) is 0 Å². The summed E-state index contributed by atoms with van der Waals surface area (Å²) in [6, 6.07) is 4.49. The number of amides is 1. The molecule has 1 aliphatic heterocycles. The molecule has 23 heavy (non-hydrogen) atoms. The summed E-state index contributed by atoms with van der Waals surface area (Å²) in [6.07, 6.45) is -0.515. The number of rotatable bonds is 2. The van der Waals surface area contributed by atoms with E-state index in [0.29, 0.717) is 4.47 Å². The van der Waals surface area contributed by atoms with Crippen LogP contribution in [0.2, 0.25) is 0 Å². The summed E-state index contributed by atoms with van der Waals surface area (Å²) in [6.45, 7) is 5.37. The summed E-state index contributed by atoms with van der Waals surface area (Å²) >= 11 is 3.30. The Morgan fingerprint density at radius 3 is 2.78 bits per heavy atom. The van der Waals surface area contributed by atoms with E-state index < -0.39 is 29.0 Å². The molecule has 0 saturated carbocycles. The Morgan fingerprint density at radius 1 is 1.57 bits per heavy atom. The third kappa shape index (κ3) is 3.84. The van der Waals surface area contributed by atoms with Gasteiger partial charge >= 0.3 is 6.09 Å². The van der Waals surface area contributed by atoms with E-state index in [-0.39, 0.29) is 25.3 Å². The number of benzene rings is 1. The highest BCUT2D eigenvalue weighted by atomic mass is 79.9. The maximum atomic E-state index is 14.3. The van der Waals surface area contributed by atoms with E-state index in [1.807, 2.05) is 0 Å². The summed E-state index contributed by atoms with van der Waals surface area (Å²) in [5, 5.41) is 9.66. The molecule has 1 heterocycles. The maximum Gasteiger partial charge on any atom is 0.410 e. The zero-order chi connectivity index (χ0) is 17.4. The molecule has 1 aromatic carbocycles. The van der Waals surface area contributed by atoms with Crippen LogP contribution in [-0.4, -0.2) is 41.4 Å². The van der Waals surface area contributed by atoms with Crippen LogP contribution in [0.5, 0.6) is 0 Å². The summed E-state index contributed by atoms with van der Waals surface area (Å²) in [4.78, 5) is 13.7. The second kappa shape index (κ2) is 6.37. The molecule has 7 heteroatoms. The topological polar surface area (TPSA) is 75.8 Å². The highest BCUT2D eigenvalue weighted by Gasteiger charge is 2.48. The Bertz CT molecular complexity index is 605. The molecule has 0 spiro atoms. The first-order valence-corrected chi connectivity index (χ1v) is 8.19. The Balaban J connectivity index is 2.31. The molecule has 1 aliphatic rings. The summed E-state index contributed by atoms with van der Waals surface area (Å²) < 4.78 is 20.3. The molecule has 0 bridgehead atoms. The van der Waals surface area contributed by atoms with Crippen molar-refractivity contribution in [3.8, 4) is 0 Å². The van der Waals surface area contributed by atoms with Gasteiger partial charge in [-0.05, 0) is 39.0 Å². The smallest absolute Gasteiger partial charge is 0.410 e. The van der Waals surface area contributed by atoms with Crippen LogP contribution in [-0.2, 0) is 10.3 Å². The van der Waals surface area contributed by atoms with Crippen molar-refractivity contribution in [1.82, 2.24) is 4.90 Å². The van der Waals surface area contributed by atoms with Gasteiger partial charge in [0.15, 0.2) is 0 Å². The van der Waals surface area contributed by atoms with Crippen LogP contribution in [0.25, 0.3) is 0 Å². The van der Waals surface area contributed by atoms with Gasteiger partial charge in [0.1, 0.15) is 11.4 Å². The van der Waals surface area contributed by atoms with E-state index in [1.165, 1.54) is 11.0 Å². The zero-order valence-corrected chi connectivity index (χ0v) is 15.1. The molecule has 1 saturated heterocycles. The number of nitrogens with two attached hydrogens (primary N) is 1. The normalized spacial score (nSPS) is 24.8. The van der Waals surface area contributed by atoms with Crippen molar-refractivity contribution in [3.05, 3.63) is 34.1 Å². The molecule has 1 fully saturated rings. The lowest BCUT2D eigenvalue weighted by Gasteiger charge is -2.30. The molecule has 2 unspecified atom stereocenters. The molecular weight excluding hydrogens is 367 g/mol. The lowest BCUT2D eigenvalue weighted by molar-refractivity contribution is 0.0279. The second-order valence-electron chi connectivity index (χ2n) is 6.90. The largest absolute Gasteiger partial charge is 0.444 e. The number of likely N-dealkylation sites (tertiary alicyclic amines) is 1. The van der Waals surface area contributed by atoms with E-state index in [1.54, 1.807) is 32.9 Å². The highest BCUT2D eigenvalue weighted by Crippen LogP contribution is 2.37. The van der Waals surface area contributed by atoms with Crippen molar-refractivity contribution in [2.45, 2.75) is 31.9 Å². The van der Waals surface area contributed by atoms with E-state index >= 15 is 0 Å². The Hall–Kier alpha value is -1.18. The van der Waals surface area contributed by atoms with Crippen LogP contribution in [0, 0.1) is 11.7 Å². The number of carbonyl (C=O) groups is 1. The number of aliphatic hydroxyl groups is 1. The van der Waals surface area contributed by atoms with Crippen LogP contribution in [0.1, 0.15) is 26.3 Å². The maximum absolute atomic E-state index is 14.3. The number of nitrogens with zero attached hydrogens (tertiary/aromatic N) is 1. The van der Waals surface area contributed by atoms with E-state index in [9.17, 15) is 14.3 Å². The number of halogens is 2. The monoisotopic (exact) mass is 388 g/mol. The fraction of sp³-hybridized carbons (Fsp3) is 0.562. The van der Waals surface area contributed by atoms with E-state index in [4.69, 9.17) is 10.5 Å². The number of hydrogen-bond donors (Lipinski definition) is 2. The van der Waals surface area contributed by atoms with Gasteiger partial charge < -0.3 is 20.5 Å². The van der Waals surface area contributed by atoms with Gasteiger partial charge in [-0.15, -0.1) is 0 Å². The lowest BCUT2D eigenvalue weighted by atomic mass is 9.81. The van der Waals surface area contributed by atoms with Gasteiger partial charge in [0.05, 0.1) is 5.54 Å². The minimum Gasteiger partial charge on any atom is -0.444 e. The van der Waals surface area contributed by atoms with Crippen LogP contribution in [0.3, 0.4) is 0 Å². The molecule has 0 radical (unpaired) electrons. The molecule has 0 aromatic heterocycles. The fourth-order valence-corrected chi connectivity index (χ4v) is 3.14. The number of carbonyl (C=O) groups excluding carboxylic acids is 1. The third-order valence-electron chi connectivity index (χ3n) is 3.92. The minimum atomic E-state index is -1.17. The first-order chi connectivity index (χ1) is 10.6. The van der Waals surface area contributed by atoms with Crippen molar-refractivity contribution in [2.75, 3.05) is 19.7 Å². The van der Waals surface area contributed by atoms with Crippen molar-refractivity contribution < 1.29 is 19.0 Å². The molecule has 5 nitrogen and oxygen atoms in total. The lowest BCUT2D eigenvalue weighted by Crippen LogP contribution is -2.47. The Labute approximate surface area is 143 Å². The minimum absolute atomic E-state index is 0.0838. The van der Waals surface area contributed by atoms with Crippen molar-refractivity contribution in [1.29, 1.82) is 0 Å². The van der Waals surface area contributed by atoms with Gasteiger partial charge in [-0.1, -0.05) is 15.9 Å². The quantitative estimate of drug-likeness (QED) is 0.816. The van der Waals surface area contributed by atoms with Gasteiger partial charge in [-0.25, -0.2) is 9.18 Å². The van der Waals surface area contributed by atoms with Crippen molar-refractivity contribution >= 4 is 22.0 Å². The third-order valence-corrected chi connectivity index (χ3v) is 4.42. The predicted octanol–water partition coefficient (Wildman–Crippen LogP) is 2.60. The second-order valence-corrected chi connectivity index (χ2v) is 7.82. The first kappa shape index (κ1) is 18.2. The zero-order valence-electron chi connectivity index (χ0n) is 13.5. The van der Waals surface area contributed by atoms with Gasteiger partial charge in [0.25, 0.3) is 0 Å². The van der Waals surface area contributed by atoms with Gasteiger partial charge in [0.2, 0.25) is 0 Å². The number of hydrogen-bond acceptors (Lipinski definition) is 4. The molecule has 3 N–H and O–H groups in total. The first-order valence-electron chi connectivity index (χ1n) is 7.40. The number of ether oxygens (including phenoxy) is 1. The van der Waals surface area contributed by atoms with Crippen LogP contribution < -0.4 is 5.73 Å². The average molecular weight is 389 g/mol. The SMILES string of the molecule is CC(C)(C)OC(=O)N1CC(CO)C(N)(c2cc(Br)ccc2F)C1. The standard InChI is InChI=1S/C16H22BrFN2O3/c1-15(2,3)23-14(22)20-7-10(8-21)16(19,9-20)12-6-11(17)4-5-13(12)18/h4-6,10,21H,7-9,19H2,1-3H3. The van der Waals surface area contributed by atoms with E-state index in [2.05, 4.69) is 15.9 Å². The van der Waals surface area contributed by atoms with Crippen LogP contribution in [0.15, 0.2) is 22.7 Å². The Kier molecular flexibility index (Phi) is 5.03. The van der Waals surface area contributed by atoms with Crippen molar-refractivity contribution in [3.63, 3.8) is 0 Å². The molecule has 2 rings (SSSR count). The number of aliphatic hydroxyl groups excluding tert-OH is 1. The van der Waals surface area contributed by atoms with Crippen LogP contribution in [0.4, 0.5) is 9.18 Å². The molecule has 1 amide bonds. The average Bonchev–Trinajstić information content (AvgIpc) is 2.78. The Morgan fingerprint density at radius 2 is 2.22 bits per heavy atom. The van der Waals surface area contributed by atoms with Crippen LogP contribution >= 0.6 is 15.9 Å². The van der Waals surface area contributed by atoms with Gasteiger partial charge in [-0.3, -0.25) is 0 Å². The highest BCUT2D eigenvalue weighted by molar-refractivity contribution is 9.10. The molecule has 0 aliphatic carbocycles. The molecule has 1 aromatic rings. The summed E-state index contributed by atoms with van der Waals surface area (Å²) in [5.41, 5.74) is 4.90. The summed E-state index contributed by atoms with van der Waals surface area (Å²) in [7, 11) is 0. The van der Waals surface area contributed by atoms with Crippen molar-refractivity contribution in [2.24, 2.45) is 11.7 Å². The van der Waals surface area contributed by atoms with E-state index in [0.717, 1.165) is 0 Å². The predicted molar refractivity (Wildman–Crippen MR) is 88.3 cm³/mol. The van der Waals surface area contributed by atoms with Gasteiger partial charge in [0, 0.05) is 35.7 Å². The summed E-state index contributed by atoms with van der Waals surface area (Å²) in [5.74, 6) is -0.931. The fourth-order valence-electron chi connectivity index (χ4n) is 2.78.